The summed E-state index contributed by atoms with van der Waals surface area (Å²) >= 11 is 0. The lowest BCUT2D eigenvalue weighted by Gasteiger charge is -2.39. The van der Waals surface area contributed by atoms with Gasteiger partial charge >= 0.3 is 6.09 Å². The molecule has 0 saturated carbocycles. The Kier molecular flexibility index (Phi) is 10.1. The second kappa shape index (κ2) is 15.0. The van der Waals surface area contributed by atoms with Crippen LogP contribution in [0.15, 0.2) is 103 Å². The smallest absolute Gasteiger partial charge is 0.409 e. The number of amidine groups is 1. The number of carbonyl (C=O) groups is 3. The second-order valence-electron chi connectivity index (χ2n) is 12.3. The average Bonchev–Trinajstić information content (AvgIpc) is 3.48. The molecule has 6 N–H and O–H groups in total. The molecule has 1 aliphatic rings. The van der Waals surface area contributed by atoms with Crippen molar-refractivity contribution < 1.29 is 19.1 Å². The predicted octanol–water partition coefficient (Wildman–Crippen LogP) is 5.67. The molecule has 0 spiro atoms. The van der Waals surface area contributed by atoms with Crippen LogP contribution in [0.1, 0.15) is 62.8 Å². The van der Waals surface area contributed by atoms with Crippen molar-refractivity contribution in [3.63, 3.8) is 0 Å². The topological polar surface area (TPSA) is 166 Å². The number of piperidine rings is 1. The number of aromatic amines is 1. The SMILES string of the molecule is Cc1nc2ccc(OC(=O)NN3CCC(NC(=O)c4ccccc4)CC3CCc3ccc(C(C(=N)N)C(=O)c4ccccc4)cc3)cc2[nH]1. The van der Waals surface area contributed by atoms with Crippen molar-refractivity contribution >= 4 is 34.7 Å². The number of ketones is 1. The highest BCUT2D eigenvalue weighted by molar-refractivity contribution is 6.14. The summed E-state index contributed by atoms with van der Waals surface area (Å²) in [6.45, 7) is 2.38. The van der Waals surface area contributed by atoms with Gasteiger partial charge in [0.05, 0.1) is 11.0 Å². The summed E-state index contributed by atoms with van der Waals surface area (Å²) in [5, 5.41) is 13.2. The highest BCUT2D eigenvalue weighted by Gasteiger charge is 2.31. The average molecular weight is 658 g/mol. The normalized spacial score (nSPS) is 16.8. The van der Waals surface area contributed by atoms with Crippen LogP contribution in [0.2, 0.25) is 0 Å². The van der Waals surface area contributed by atoms with Crippen molar-refractivity contribution in [3.8, 4) is 5.75 Å². The molecular weight excluding hydrogens is 618 g/mol. The van der Waals surface area contributed by atoms with Crippen molar-refractivity contribution in [1.82, 2.24) is 25.7 Å². The number of aromatic nitrogens is 2. The van der Waals surface area contributed by atoms with E-state index in [1.807, 2.05) is 60.5 Å². The minimum absolute atomic E-state index is 0.0829. The van der Waals surface area contributed by atoms with Gasteiger partial charge in [-0.05, 0) is 68.0 Å². The number of benzene rings is 4. The van der Waals surface area contributed by atoms with E-state index in [9.17, 15) is 14.4 Å². The van der Waals surface area contributed by atoms with Gasteiger partial charge in [-0.2, -0.15) is 0 Å². The fraction of sp³-hybridized carbons (Fsp3) is 0.237. The summed E-state index contributed by atoms with van der Waals surface area (Å²) in [6.07, 6.45) is 2.01. The molecular formula is C38H39N7O4. The van der Waals surface area contributed by atoms with E-state index >= 15 is 0 Å². The Labute approximate surface area is 284 Å². The molecule has 250 valence electrons. The third kappa shape index (κ3) is 8.20. The van der Waals surface area contributed by atoms with E-state index in [0.717, 1.165) is 22.4 Å². The summed E-state index contributed by atoms with van der Waals surface area (Å²) < 4.78 is 5.64. The molecule has 1 aliphatic heterocycles. The van der Waals surface area contributed by atoms with Crippen molar-refractivity contribution in [2.24, 2.45) is 5.73 Å². The first kappa shape index (κ1) is 33.1. The Bertz CT molecular complexity index is 1940. The van der Waals surface area contributed by atoms with Gasteiger partial charge in [0.15, 0.2) is 5.78 Å². The molecule has 11 nitrogen and oxygen atoms in total. The number of ether oxygens (including phenoxy) is 1. The number of imidazole rings is 1. The molecule has 4 aromatic carbocycles. The van der Waals surface area contributed by atoms with Crippen LogP contribution in [0.25, 0.3) is 11.0 Å². The van der Waals surface area contributed by atoms with E-state index in [-0.39, 0.29) is 29.6 Å². The molecule has 1 saturated heterocycles. The number of carbonyl (C=O) groups excluding carboxylic acids is 3. The standard InChI is InChI=1S/C38H39N7O4/c1-24-41-32-19-18-31(23-33(32)42-24)49-38(48)44-45-21-20-29(43-37(47)28-10-6-3-7-11-28)22-30(45)17-14-25-12-15-26(16-13-25)34(36(39)40)35(46)27-8-4-2-5-9-27/h2-13,15-16,18-19,23,29-30,34H,14,17,20-22H2,1H3,(H3,39,40)(H,41,42)(H,43,47)(H,44,48). The maximum atomic E-state index is 13.2. The number of amides is 2. The monoisotopic (exact) mass is 657 g/mol. The van der Waals surface area contributed by atoms with E-state index < -0.39 is 12.0 Å². The zero-order chi connectivity index (χ0) is 34.3. The van der Waals surface area contributed by atoms with Gasteiger partial charge in [0.2, 0.25) is 0 Å². The van der Waals surface area contributed by atoms with Gasteiger partial charge in [0, 0.05) is 35.8 Å². The number of hydrogen-bond acceptors (Lipinski definition) is 7. The fourth-order valence-electron chi connectivity index (χ4n) is 6.34. The largest absolute Gasteiger partial charge is 0.427 e. The van der Waals surface area contributed by atoms with Crippen LogP contribution in [0.5, 0.6) is 5.75 Å². The molecule has 1 fully saturated rings. The number of Topliss-reactive ketones (excluding diaryl/α,β-unsaturated/α-hetero) is 1. The second-order valence-corrected chi connectivity index (χ2v) is 12.3. The van der Waals surface area contributed by atoms with Crippen LogP contribution in [0.4, 0.5) is 4.79 Å². The first-order valence-electron chi connectivity index (χ1n) is 16.3. The Morgan fingerprint density at radius 3 is 2.37 bits per heavy atom. The summed E-state index contributed by atoms with van der Waals surface area (Å²) in [4.78, 5) is 46.8. The van der Waals surface area contributed by atoms with Crippen LogP contribution in [0, 0.1) is 12.3 Å². The van der Waals surface area contributed by atoms with Crippen molar-refractivity contribution in [2.45, 2.75) is 50.6 Å². The minimum Gasteiger partial charge on any atom is -0.409 e. The number of nitrogens with two attached hydrogens (primary N) is 1. The van der Waals surface area contributed by atoms with Crippen LogP contribution in [0.3, 0.4) is 0 Å². The Morgan fingerprint density at radius 2 is 1.67 bits per heavy atom. The first-order valence-corrected chi connectivity index (χ1v) is 16.3. The number of fused-ring (bicyclic) bond motifs is 1. The van der Waals surface area contributed by atoms with E-state index in [4.69, 9.17) is 15.9 Å². The number of nitrogens with zero attached hydrogens (tertiary/aromatic N) is 2. The Balaban J connectivity index is 1.13. The summed E-state index contributed by atoms with van der Waals surface area (Å²) in [5.74, 6) is -0.260. The van der Waals surface area contributed by atoms with Crippen molar-refractivity contribution in [1.29, 1.82) is 5.41 Å². The lowest BCUT2D eigenvalue weighted by Crippen LogP contribution is -2.56. The van der Waals surface area contributed by atoms with Crippen LogP contribution >= 0.6 is 0 Å². The maximum absolute atomic E-state index is 13.2. The van der Waals surface area contributed by atoms with Crippen LogP contribution in [-0.2, 0) is 6.42 Å². The highest BCUT2D eigenvalue weighted by atomic mass is 16.6. The third-order valence-electron chi connectivity index (χ3n) is 8.82. The first-order chi connectivity index (χ1) is 23.7. The van der Waals surface area contributed by atoms with E-state index in [1.165, 1.54) is 0 Å². The quantitative estimate of drug-likeness (QED) is 0.0693. The van der Waals surface area contributed by atoms with Crippen molar-refractivity contribution in [2.75, 3.05) is 6.54 Å². The molecule has 0 radical (unpaired) electrons. The number of hydrogen-bond donors (Lipinski definition) is 5. The van der Waals surface area contributed by atoms with Gasteiger partial charge in [0.1, 0.15) is 23.3 Å². The molecule has 5 aromatic rings. The van der Waals surface area contributed by atoms with Crippen LogP contribution < -0.4 is 21.2 Å². The zero-order valence-corrected chi connectivity index (χ0v) is 27.2. The molecule has 1 aromatic heterocycles. The molecule has 6 rings (SSSR count). The minimum atomic E-state index is -0.868. The lowest BCUT2D eigenvalue weighted by molar-refractivity contribution is 0.0603. The van der Waals surface area contributed by atoms with E-state index in [0.29, 0.717) is 54.7 Å². The molecule has 2 amide bonds. The maximum Gasteiger partial charge on any atom is 0.427 e. The summed E-state index contributed by atoms with van der Waals surface area (Å²) in [5.41, 5.74) is 13.2. The van der Waals surface area contributed by atoms with Gasteiger partial charge in [-0.15, -0.1) is 0 Å². The highest BCUT2D eigenvalue weighted by Crippen LogP contribution is 2.25. The van der Waals surface area contributed by atoms with Gasteiger partial charge in [0.25, 0.3) is 5.91 Å². The van der Waals surface area contributed by atoms with Gasteiger partial charge in [-0.1, -0.05) is 72.8 Å². The molecule has 0 bridgehead atoms. The molecule has 11 heteroatoms. The Hall–Kier alpha value is -5.81. The fourth-order valence-corrected chi connectivity index (χ4v) is 6.34. The molecule has 49 heavy (non-hydrogen) atoms. The lowest BCUT2D eigenvalue weighted by atomic mass is 9.88. The number of nitrogens with one attached hydrogen (secondary N) is 4. The molecule has 0 aliphatic carbocycles. The third-order valence-corrected chi connectivity index (χ3v) is 8.82. The summed E-state index contributed by atoms with van der Waals surface area (Å²) in [6, 6.07) is 30.6. The van der Waals surface area contributed by atoms with Gasteiger partial charge in [-0.25, -0.2) is 14.8 Å². The predicted molar refractivity (Wildman–Crippen MR) is 188 cm³/mol. The number of aryl methyl sites for hydroxylation is 2. The van der Waals surface area contributed by atoms with Gasteiger partial charge < -0.3 is 20.8 Å². The molecule has 3 unspecified atom stereocenters. The number of rotatable bonds is 11. The molecule has 2 heterocycles. The van der Waals surface area contributed by atoms with E-state index in [2.05, 4.69) is 20.7 Å². The van der Waals surface area contributed by atoms with Gasteiger partial charge in [-0.3, -0.25) is 20.4 Å². The number of H-pyrrole nitrogens is 1. The van der Waals surface area contributed by atoms with Crippen LogP contribution in [-0.4, -0.2) is 57.2 Å². The summed E-state index contributed by atoms with van der Waals surface area (Å²) in [7, 11) is 0. The van der Waals surface area contributed by atoms with E-state index in [1.54, 1.807) is 54.6 Å². The Morgan fingerprint density at radius 1 is 0.980 bits per heavy atom. The van der Waals surface area contributed by atoms with Crippen molar-refractivity contribution in [3.05, 3.63) is 131 Å². The molecule has 3 atom stereocenters. The zero-order valence-electron chi connectivity index (χ0n) is 27.2. The number of hydrazine groups is 1.